The van der Waals surface area contributed by atoms with Crippen LogP contribution in [0.4, 0.5) is 0 Å². The summed E-state index contributed by atoms with van der Waals surface area (Å²) in [5.74, 6) is 2.91. The first-order chi connectivity index (χ1) is 10.6. The Bertz CT molecular complexity index is 259. The molecule has 2 rings (SSSR count). The largest absolute Gasteiger partial charge is 0.303 e. The molecule has 0 unspecified atom stereocenters. The molecule has 0 aromatic heterocycles. The lowest BCUT2D eigenvalue weighted by Crippen LogP contribution is -2.43. The number of hydrogen-bond acceptors (Lipinski definition) is 2. The summed E-state index contributed by atoms with van der Waals surface area (Å²) < 4.78 is 0. The summed E-state index contributed by atoms with van der Waals surface area (Å²) in [6.45, 7) is 20.1. The lowest BCUT2D eigenvalue weighted by molar-refractivity contribution is 0.0825. The second-order valence-corrected chi connectivity index (χ2v) is 7.83. The summed E-state index contributed by atoms with van der Waals surface area (Å²) in [6, 6.07) is 0.744. The Hall–Kier alpha value is -0.0800. The van der Waals surface area contributed by atoms with E-state index in [4.69, 9.17) is 0 Å². The van der Waals surface area contributed by atoms with Crippen LogP contribution in [0.1, 0.15) is 73.6 Å². The quantitative estimate of drug-likeness (QED) is 0.713. The van der Waals surface area contributed by atoms with Gasteiger partial charge < -0.3 is 9.80 Å². The number of piperidine rings is 2. The third-order valence-electron chi connectivity index (χ3n) is 5.63. The molecule has 132 valence electrons. The van der Waals surface area contributed by atoms with E-state index in [9.17, 15) is 0 Å². The Morgan fingerprint density at radius 2 is 1.23 bits per heavy atom. The van der Waals surface area contributed by atoms with Crippen molar-refractivity contribution in [1.82, 2.24) is 9.80 Å². The standard InChI is InChI=1S/C18H36N2.C2H6/c1-15(2)5-10-19-11-6-17(7-12-19)18-8-13-20(14-9-18)16(3)4;1-2/h15-18H,5-14H2,1-4H3;1-2H3. The highest BCUT2D eigenvalue weighted by atomic mass is 15.2. The normalized spacial score (nSPS) is 22.9. The summed E-state index contributed by atoms with van der Waals surface area (Å²) in [6.07, 6.45) is 7.20. The fourth-order valence-electron chi connectivity index (χ4n) is 4.00. The van der Waals surface area contributed by atoms with Crippen molar-refractivity contribution in [2.24, 2.45) is 17.8 Å². The molecular formula is C20H42N2. The van der Waals surface area contributed by atoms with Crippen LogP contribution in [0.2, 0.25) is 0 Å². The minimum Gasteiger partial charge on any atom is -0.303 e. The molecule has 2 heterocycles. The molecular weight excluding hydrogens is 268 g/mol. The lowest BCUT2D eigenvalue weighted by Gasteiger charge is -2.41. The number of likely N-dealkylation sites (tertiary alicyclic amines) is 2. The Kier molecular flexibility index (Phi) is 9.66. The molecule has 0 atom stereocenters. The van der Waals surface area contributed by atoms with Gasteiger partial charge in [-0.25, -0.2) is 0 Å². The van der Waals surface area contributed by atoms with Gasteiger partial charge in [0.05, 0.1) is 0 Å². The summed E-state index contributed by atoms with van der Waals surface area (Å²) >= 11 is 0. The van der Waals surface area contributed by atoms with Crippen molar-refractivity contribution in [2.45, 2.75) is 79.7 Å². The maximum Gasteiger partial charge on any atom is 0.00385 e. The molecule has 0 aromatic carbocycles. The molecule has 0 radical (unpaired) electrons. The van der Waals surface area contributed by atoms with E-state index in [1.165, 1.54) is 64.8 Å². The first-order valence-electron chi connectivity index (χ1n) is 10.0. The fourth-order valence-corrected chi connectivity index (χ4v) is 4.00. The zero-order valence-electron chi connectivity index (χ0n) is 16.3. The van der Waals surface area contributed by atoms with E-state index in [2.05, 4.69) is 37.5 Å². The molecule has 2 heteroatoms. The van der Waals surface area contributed by atoms with Crippen LogP contribution in [0.3, 0.4) is 0 Å². The average molecular weight is 311 g/mol. The van der Waals surface area contributed by atoms with Gasteiger partial charge in [0.1, 0.15) is 0 Å². The van der Waals surface area contributed by atoms with Gasteiger partial charge in [0.2, 0.25) is 0 Å². The minimum absolute atomic E-state index is 0.744. The molecule has 0 amide bonds. The molecule has 2 aliphatic heterocycles. The van der Waals surface area contributed by atoms with E-state index in [0.717, 1.165) is 23.8 Å². The van der Waals surface area contributed by atoms with Gasteiger partial charge in [-0.05, 0) is 96.4 Å². The molecule has 2 saturated heterocycles. The van der Waals surface area contributed by atoms with Gasteiger partial charge in [-0.15, -0.1) is 0 Å². The zero-order chi connectivity index (χ0) is 16.5. The second kappa shape index (κ2) is 10.6. The fraction of sp³-hybridized carbons (Fsp3) is 1.00. The SMILES string of the molecule is CC.CC(C)CCN1CCC(C2CCN(C(C)C)CC2)CC1. The van der Waals surface area contributed by atoms with Crippen LogP contribution in [-0.2, 0) is 0 Å². The predicted octanol–water partition coefficient (Wildman–Crippen LogP) is 4.89. The summed E-state index contributed by atoms with van der Waals surface area (Å²) in [4.78, 5) is 5.37. The van der Waals surface area contributed by atoms with E-state index < -0.39 is 0 Å². The molecule has 2 aliphatic rings. The Balaban J connectivity index is 0.00000116. The van der Waals surface area contributed by atoms with E-state index in [1.54, 1.807) is 0 Å². The zero-order valence-corrected chi connectivity index (χ0v) is 16.3. The molecule has 2 nitrogen and oxygen atoms in total. The maximum absolute atomic E-state index is 2.71. The van der Waals surface area contributed by atoms with Crippen molar-refractivity contribution < 1.29 is 0 Å². The highest BCUT2D eigenvalue weighted by molar-refractivity contribution is 4.83. The average Bonchev–Trinajstić information content (AvgIpc) is 2.55. The first-order valence-corrected chi connectivity index (χ1v) is 10.0. The third-order valence-corrected chi connectivity index (χ3v) is 5.63. The Labute approximate surface area is 140 Å². The van der Waals surface area contributed by atoms with E-state index >= 15 is 0 Å². The van der Waals surface area contributed by atoms with Crippen molar-refractivity contribution in [3.05, 3.63) is 0 Å². The molecule has 0 saturated carbocycles. The van der Waals surface area contributed by atoms with Gasteiger partial charge in [0, 0.05) is 6.04 Å². The van der Waals surface area contributed by atoms with Crippen LogP contribution in [0, 0.1) is 17.8 Å². The smallest absolute Gasteiger partial charge is 0.00385 e. The summed E-state index contributed by atoms with van der Waals surface area (Å²) in [7, 11) is 0. The van der Waals surface area contributed by atoms with Crippen molar-refractivity contribution >= 4 is 0 Å². The minimum atomic E-state index is 0.744. The number of hydrogen-bond donors (Lipinski definition) is 0. The van der Waals surface area contributed by atoms with Crippen LogP contribution in [-0.4, -0.2) is 48.6 Å². The monoisotopic (exact) mass is 310 g/mol. The number of rotatable bonds is 5. The molecule has 22 heavy (non-hydrogen) atoms. The van der Waals surface area contributed by atoms with Gasteiger partial charge in [-0.1, -0.05) is 27.7 Å². The summed E-state index contributed by atoms with van der Waals surface area (Å²) in [5, 5.41) is 0. The second-order valence-electron chi connectivity index (χ2n) is 7.83. The molecule has 0 N–H and O–H groups in total. The highest BCUT2D eigenvalue weighted by Crippen LogP contribution is 2.33. The molecule has 0 bridgehead atoms. The van der Waals surface area contributed by atoms with Gasteiger partial charge in [0.25, 0.3) is 0 Å². The topological polar surface area (TPSA) is 6.48 Å². The van der Waals surface area contributed by atoms with Gasteiger partial charge >= 0.3 is 0 Å². The first kappa shape index (κ1) is 20.0. The highest BCUT2D eigenvalue weighted by Gasteiger charge is 2.29. The van der Waals surface area contributed by atoms with E-state index in [-0.39, 0.29) is 0 Å². The maximum atomic E-state index is 2.71. The third kappa shape index (κ3) is 6.58. The van der Waals surface area contributed by atoms with Crippen LogP contribution >= 0.6 is 0 Å². The summed E-state index contributed by atoms with van der Waals surface area (Å²) in [5.41, 5.74) is 0. The van der Waals surface area contributed by atoms with Crippen molar-refractivity contribution in [1.29, 1.82) is 0 Å². The Morgan fingerprint density at radius 3 is 1.64 bits per heavy atom. The van der Waals surface area contributed by atoms with Crippen LogP contribution in [0.25, 0.3) is 0 Å². The van der Waals surface area contributed by atoms with Crippen LogP contribution in [0.5, 0.6) is 0 Å². The number of nitrogens with zero attached hydrogens (tertiary/aromatic N) is 2. The van der Waals surface area contributed by atoms with Gasteiger partial charge in [-0.2, -0.15) is 0 Å². The molecule has 0 aliphatic carbocycles. The molecule has 0 spiro atoms. The van der Waals surface area contributed by atoms with Crippen molar-refractivity contribution in [3.8, 4) is 0 Å². The van der Waals surface area contributed by atoms with E-state index in [1.807, 2.05) is 13.8 Å². The van der Waals surface area contributed by atoms with Crippen molar-refractivity contribution in [2.75, 3.05) is 32.7 Å². The predicted molar refractivity (Wildman–Crippen MR) is 99.4 cm³/mol. The van der Waals surface area contributed by atoms with Crippen LogP contribution in [0.15, 0.2) is 0 Å². The van der Waals surface area contributed by atoms with E-state index in [0.29, 0.717) is 0 Å². The van der Waals surface area contributed by atoms with Crippen molar-refractivity contribution in [3.63, 3.8) is 0 Å². The Morgan fingerprint density at radius 1 is 0.773 bits per heavy atom. The lowest BCUT2D eigenvalue weighted by atomic mass is 9.78. The van der Waals surface area contributed by atoms with Gasteiger partial charge in [-0.3, -0.25) is 0 Å². The molecule has 2 fully saturated rings. The molecule has 0 aromatic rings. The van der Waals surface area contributed by atoms with Gasteiger partial charge in [0.15, 0.2) is 0 Å². The van der Waals surface area contributed by atoms with Crippen LogP contribution < -0.4 is 0 Å².